The Morgan fingerprint density at radius 1 is 1.15 bits per heavy atom. The molecule has 3 heterocycles. The first-order valence-electron chi connectivity index (χ1n) is 13.1. The van der Waals surface area contributed by atoms with Crippen LogP contribution >= 0.6 is 11.3 Å². The molecule has 2 aromatic rings. The number of ketones is 1. The highest BCUT2D eigenvalue weighted by atomic mass is 32.2. The van der Waals surface area contributed by atoms with Crippen LogP contribution in [-0.2, 0) is 42.7 Å². The lowest BCUT2D eigenvalue weighted by atomic mass is 9.73. The summed E-state index contributed by atoms with van der Waals surface area (Å²) in [6.07, 6.45) is 3.65. The minimum atomic E-state index is -4.33. The first-order valence-corrected chi connectivity index (χ1v) is 17.3. The van der Waals surface area contributed by atoms with Crippen LogP contribution in [0.3, 0.4) is 0 Å². The van der Waals surface area contributed by atoms with E-state index < -0.39 is 37.8 Å². The zero-order chi connectivity index (χ0) is 29.3. The molecule has 2 saturated carbocycles. The van der Waals surface area contributed by atoms with Gasteiger partial charge in [-0.25, -0.2) is 13.1 Å². The Hall–Kier alpha value is -3.01. The van der Waals surface area contributed by atoms with E-state index in [0.717, 1.165) is 42.4 Å². The Balaban J connectivity index is 1.36. The number of thiophene rings is 1. The number of nitrogens with one attached hydrogen (secondary N) is 2. The summed E-state index contributed by atoms with van der Waals surface area (Å²) in [5, 5.41) is 4.66. The van der Waals surface area contributed by atoms with Crippen molar-refractivity contribution in [2.45, 2.75) is 43.3 Å². The highest BCUT2D eigenvalue weighted by Gasteiger charge is 2.61. The molecule has 4 aliphatic rings. The highest BCUT2D eigenvalue weighted by molar-refractivity contribution is 7.91. The van der Waals surface area contributed by atoms with Crippen molar-refractivity contribution in [3.05, 3.63) is 34.7 Å². The molecule has 2 bridgehead atoms. The van der Waals surface area contributed by atoms with Crippen molar-refractivity contribution in [1.29, 1.82) is 0 Å². The fourth-order valence-electron chi connectivity index (χ4n) is 6.86. The molecule has 220 valence electrons. The minimum Gasteiger partial charge on any atom is -0.497 e. The van der Waals surface area contributed by atoms with Crippen LogP contribution in [0.25, 0.3) is 0 Å². The van der Waals surface area contributed by atoms with Crippen molar-refractivity contribution in [1.82, 2.24) is 9.62 Å². The van der Waals surface area contributed by atoms with Crippen LogP contribution in [0, 0.1) is 23.7 Å². The first kappa shape index (κ1) is 28.1. The van der Waals surface area contributed by atoms with Gasteiger partial charge in [0.1, 0.15) is 27.2 Å². The molecule has 6 rings (SSSR count). The smallest absolute Gasteiger partial charge is 0.287 e. The van der Waals surface area contributed by atoms with Crippen LogP contribution in [0.1, 0.15) is 30.4 Å². The standard InChI is InChI=1S/C26H30N4O8S3/c1-37-17-7-6-15(18(9-17)38-2)11-30-21-14-5-4-13(8-14)19(21)22(31)20(26(30)32)24-28-25-23(41(35,36)29-24)16(12-39-25)10-27-40(3,33)34/h6-7,9,12-14,19-21,27H,4-5,8,10-11H2,1-3H3,(H,28,29). The molecule has 41 heavy (non-hydrogen) atoms. The van der Waals surface area contributed by atoms with E-state index in [-0.39, 0.29) is 58.0 Å². The minimum absolute atomic E-state index is 0.125. The molecule has 1 aromatic carbocycles. The fourth-order valence-corrected chi connectivity index (χ4v) is 9.92. The summed E-state index contributed by atoms with van der Waals surface area (Å²) < 4.78 is 67.0. The van der Waals surface area contributed by atoms with Crippen molar-refractivity contribution in [3.8, 4) is 11.5 Å². The monoisotopic (exact) mass is 622 g/mol. The van der Waals surface area contributed by atoms with E-state index >= 15 is 0 Å². The Morgan fingerprint density at radius 3 is 2.61 bits per heavy atom. The number of hydrogen-bond donors (Lipinski definition) is 2. The third-order valence-corrected chi connectivity index (χ3v) is 11.7. The molecule has 12 nitrogen and oxygen atoms in total. The number of likely N-dealkylation sites (tertiary alicyclic amines) is 1. The molecule has 15 heteroatoms. The summed E-state index contributed by atoms with van der Waals surface area (Å²) in [7, 11) is -4.81. The topological polar surface area (TPSA) is 161 Å². The number of fused-ring (bicyclic) bond motifs is 6. The second kappa shape index (κ2) is 10.1. The average Bonchev–Trinajstić information content (AvgIpc) is 3.64. The van der Waals surface area contributed by atoms with Crippen LogP contribution in [0.2, 0.25) is 0 Å². The molecule has 0 spiro atoms. The van der Waals surface area contributed by atoms with E-state index in [2.05, 4.69) is 14.4 Å². The number of sulfonamides is 2. The molecule has 1 aromatic heterocycles. The number of carbonyl (C=O) groups excluding carboxylic acids is 2. The number of rotatable bonds is 8. The molecule has 2 aliphatic heterocycles. The molecule has 0 radical (unpaired) electrons. The van der Waals surface area contributed by atoms with Gasteiger partial charge in [-0.2, -0.15) is 8.42 Å². The lowest BCUT2D eigenvalue weighted by molar-refractivity contribution is -0.153. The highest BCUT2D eigenvalue weighted by Crippen LogP contribution is 2.54. The maximum Gasteiger partial charge on any atom is 0.287 e. The lowest BCUT2D eigenvalue weighted by Gasteiger charge is -2.45. The summed E-state index contributed by atoms with van der Waals surface area (Å²) in [4.78, 5) is 29.7. The molecule has 5 unspecified atom stereocenters. The van der Waals surface area contributed by atoms with Gasteiger partial charge in [-0.3, -0.25) is 9.59 Å². The van der Waals surface area contributed by atoms with E-state index in [0.29, 0.717) is 11.5 Å². The van der Waals surface area contributed by atoms with Gasteiger partial charge in [0.05, 0.1) is 20.5 Å². The SMILES string of the molecule is COc1ccc(CN2C(=O)C(C3=NS(=O)(=O)c4c(CNS(C)(=O)=O)csc4N3)C(=O)C3C4CCC(C4)C32)c(OC)c1. The molecular weight excluding hydrogens is 593 g/mol. The lowest BCUT2D eigenvalue weighted by Crippen LogP contribution is -2.61. The van der Waals surface area contributed by atoms with E-state index in [1.807, 2.05) is 6.07 Å². The largest absolute Gasteiger partial charge is 0.497 e. The van der Waals surface area contributed by atoms with Gasteiger partial charge in [0.15, 0.2) is 11.7 Å². The summed E-state index contributed by atoms with van der Waals surface area (Å²) in [5.74, 6) is -1.36. The summed E-state index contributed by atoms with van der Waals surface area (Å²) in [5.41, 5.74) is 0.972. The van der Waals surface area contributed by atoms with Gasteiger partial charge in [0, 0.05) is 42.2 Å². The Bertz CT molecular complexity index is 1680. The van der Waals surface area contributed by atoms with Crippen molar-refractivity contribution in [3.63, 3.8) is 0 Å². The Kier molecular flexibility index (Phi) is 6.91. The van der Waals surface area contributed by atoms with Gasteiger partial charge >= 0.3 is 0 Å². The molecular formula is C26H30N4O8S3. The predicted octanol–water partition coefficient (Wildman–Crippen LogP) is 1.97. The van der Waals surface area contributed by atoms with Crippen LogP contribution in [0.15, 0.2) is 32.9 Å². The third-order valence-electron chi connectivity index (χ3n) is 8.54. The number of amides is 1. The van der Waals surface area contributed by atoms with Gasteiger partial charge in [-0.15, -0.1) is 15.7 Å². The van der Waals surface area contributed by atoms with Gasteiger partial charge in [-0.05, 0) is 48.6 Å². The molecule has 1 amide bonds. The summed E-state index contributed by atoms with van der Waals surface area (Å²) in [6.45, 7) is -0.0478. The van der Waals surface area contributed by atoms with E-state index in [4.69, 9.17) is 9.47 Å². The third kappa shape index (κ3) is 4.81. The van der Waals surface area contributed by atoms with Crippen molar-refractivity contribution in [2.75, 3.05) is 25.8 Å². The first-order chi connectivity index (χ1) is 19.4. The predicted molar refractivity (Wildman–Crippen MR) is 151 cm³/mol. The van der Waals surface area contributed by atoms with Crippen LogP contribution in [0.5, 0.6) is 11.5 Å². The van der Waals surface area contributed by atoms with Crippen molar-refractivity contribution in [2.24, 2.45) is 28.1 Å². The quantitative estimate of drug-likeness (QED) is 0.420. The van der Waals surface area contributed by atoms with Gasteiger partial charge in [0.25, 0.3) is 10.0 Å². The number of ether oxygens (including phenoxy) is 2. The van der Waals surface area contributed by atoms with Crippen molar-refractivity contribution >= 4 is 53.9 Å². The normalized spacial score (nSPS) is 28.1. The number of amidine groups is 1. The number of nitrogens with zero attached hydrogens (tertiary/aromatic N) is 2. The second-order valence-corrected chi connectivity index (χ2v) is 15.2. The molecule has 3 fully saturated rings. The van der Waals surface area contributed by atoms with E-state index in [1.54, 1.807) is 24.1 Å². The summed E-state index contributed by atoms with van der Waals surface area (Å²) in [6, 6.07) is 5.06. The number of anilines is 1. The molecule has 2 N–H and O–H groups in total. The number of carbonyl (C=O) groups is 2. The number of hydrogen-bond acceptors (Lipinski definition) is 10. The Morgan fingerprint density at radius 2 is 1.90 bits per heavy atom. The van der Waals surface area contributed by atoms with Gasteiger partial charge < -0.3 is 19.7 Å². The maximum atomic E-state index is 14.2. The van der Waals surface area contributed by atoms with Crippen LogP contribution in [0.4, 0.5) is 5.00 Å². The number of Topliss-reactive ketones (excluding diaryl/α,β-unsaturated/α-hetero) is 1. The number of methoxy groups -OCH3 is 2. The van der Waals surface area contributed by atoms with Crippen LogP contribution < -0.4 is 19.5 Å². The van der Waals surface area contributed by atoms with Gasteiger partial charge in [0.2, 0.25) is 15.9 Å². The molecule has 1 saturated heterocycles. The number of benzene rings is 1. The Labute approximate surface area is 242 Å². The maximum absolute atomic E-state index is 14.2. The zero-order valence-corrected chi connectivity index (χ0v) is 25.1. The zero-order valence-electron chi connectivity index (χ0n) is 22.6. The fraction of sp³-hybridized carbons (Fsp3) is 0.500. The van der Waals surface area contributed by atoms with E-state index in [1.165, 1.54) is 12.5 Å². The number of piperidine rings is 1. The molecule has 2 aliphatic carbocycles. The van der Waals surface area contributed by atoms with Crippen molar-refractivity contribution < 1.29 is 35.9 Å². The van der Waals surface area contributed by atoms with Crippen LogP contribution in [-0.4, -0.2) is 65.8 Å². The average molecular weight is 623 g/mol. The van der Waals surface area contributed by atoms with E-state index in [9.17, 15) is 26.4 Å². The molecule has 5 atom stereocenters. The van der Waals surface area contributed by atoms with Gasteiger partial charge in [-0.1, -0.05) is 0 Å². The second-order valence-electron chi connectivity index (χ2n) is 10.9. The summed E-state index contributed by atoms with van der Waals surface area (Å²) >= 11 is 1.05.